The highest BCUT2D eigenvalue weighted by atomic mass is 32.1. The largest absolute Gasteiger partial charge is 0.507 e. The number of rotatable bonds is 3. The maximum Gasteiger partial charge on any atom is 0.158 e. The molecule has 0 radical (unpaired) electrons. The topological polar surface area (TPSA) is 70.4 Å². The fraction of sp³-hybridized carbons (Fsp3) is 0.190. The zero-order chi connectivity index (χ0) is 18.2. The Morgan fingerprint density at radius 3 is 2.93 bits per heavy atom. The van der Waals surface area contributed by atoms with Crippen LogP contribution in [0, 0.1) is 0 Å². The summed E-state index contributed by atoms with van der Waals surface area (Å²) >= 11 is 1.77. The van der Waals surface area contributed by atoms with Crippen LogP contribution in [0.25, 0.3) is 21.0 Å². The second-order valence-corrected chi connectivity index (χ2v) is 7.79. The van der Waals surface area contributed by atoms with E-state index in [0.29, 0.717) is 5.56 Å². The molecule has 0 saturated carbocycles. The molecule has 5 nitrogen and oxygen atoms in total. The van der Waals surface area contributed by atoms with Crippen molar-refractivity contribution >= 4 is 44.4 Å². The monoisotopic (exact) mass is 374 g/mol. The summed E-state index contributed by atoms with van der Waals surface area (Å²) in [6.45, 7) is 0. The first-order chi connectivity index (χ1) is 13.3. The third-order valence-electron chi connectivity index (χ3n) is 5.06. The summed E-state index contributed by atoms with van der Waals surface area (Å²) < 4.78 is 0. The Bertz CT molecular complexity index is 1180. The van der Waals surface area contributed by atoms with E-state index >= 15 is 0 Å². The van der Waals surface area contributed by atoms with E-state index in [0.717, 1.165) is 39.6 Å². The molecule has 27 heavy (non-hydrogen) atoms. The number of aryl methyl sites for hydroxylation is 2. The van der Waals surface area contributed by atoms with Crippen LogP contribution < -0.4 is 5.43 Å². The van der Waals surface area contributed by atoms with Gasteiger partial charge in [-0.05, 0) is 48.1 Å². The number of phenolic OH excluding ortho intramolecular Hbond substituents is 1. The van der Waals surface area contributed by atoms with Crippen molar-refractivity contribution in [2.75, 3.05) is 5.43 Å². The summed E-state index contributed by atoms with van der Waals surface area (Å²) in [5, 5.41) is 17.8. The van der Waals surface area contributed by atoms with Crippen molar-refractivity contribution in [3.8, 4) is 5.75 Å². The molecule has 2 heterocycles. The average Bonchev–Trinajstić information content (AvgIpc) is 3.09. The number of anilines is 1. The van der Waals surface area contributed by atoms with E-state index in [1.54, 1.807) is 29.9 Å². The summed E-state index contributed by atoms with van der Waals surface area (Å²) in [5.74, 6) is 0.940. The molecule has 2 aromatic heterocycles. The molecule has 2 N–H and O–H groups in total. The van der Waals surface area contributed by atoms with Gasteiger partial charge in [-0.1, -0.05) is 30.3 Å². The fourth-order valence-corrected chi connectivity index (χ4v) is 4.98. The number of fused-ring (bicyclic) bond motifs is 4. The lowest BCUT2D eigenvalue weighted by Gasteiger charge is -2.11. The number of aromatic nitrogens is 2. The van der Waals surface area contributed by atoms with Gasteiger partial charge >= 0.3 is 0 Å². The molecule has 0 amide bonds. The number of phenols is 1. The molecule has 0 fully saturated rings. The zero-order valence-electron chi connectivity index (χ0n) is 14.6. The number of nitrogens with one attached hydrogen (secondary N) is 1. The van der Waals surface area contributed by atoms with Gasteiger partial charge in [0, 0.05) is 10.4 Å². The number of hydrazone groups is 1. The SMILES string of the molecule is Oc1ccc2ccccc2c1/C=N/Nc1ncnc2sc3c(c12)CCCC3. The van der Waals surface area contributed by atoms with Crippen molar-refractivity contribution < 1.29 is 5.11 Å². The van der Waals surface area contributed by atoms with Crippen LogP contribution in [-0.2, 0) is 12.8 Å². The van der Waals surface area contributed by atoms with Crippen LogP contribution >= 0.6 is 11.3 Å². The van der Waals surface area contributed by atoms with Crippen LogP contribution in [0.15, 0.2) is 47.8 Å². The molecular formula is C21H18N4OS. The Hall–Kier alpha value is -2.99. The van der Waals surface area contributed by atoms with Crippen molar-refractivity contribution in [2.24, 2.45) is 5.10 Å². The van der Waals surface area contributed by atoms with Gasteiger partial charge < -0.3 is 5.11 Å². The molecule has 0 saturated heterocycles. The lowest BCUT2D eigenvalue weighted by atomic mass is 9.97. The Morgan fingerprint density at radius 2 is 1.96 bits per heavy atom. The minimum atomic E-state index is 0.208. The molecule has 134 valence electrons. The lowest BCUT2D eigenvalue weighted by Crippen LogP contribution is -2.01. The quantitative estimate of drug-likeness (QED) is 0.396. The first-order valence-corrected chi connectivity index (χ1v) is 9.88. The molecule has 1 aliphatic carbocycles. The predicted octanol–water partition coefficient (Wildman–Crippen LogP) is 4.87. The van der Waals surface area contributed by atoms with Crippen LogP contribution in [0.4, 0.5) is 5.82 Å². The van der Waals surface area contributed by atoms with Crippen molar-refractivity contribution in [2.45, 2.75) is 25.7 Å². The highest BCUT2D eigenvalue weighted by Crippen LogP contribution is 2.38. The molecule has 5 rings (SSSR count). The minimum Gasteiger partial charge on any atom is -0.507 e. The van der Waals surface area contributed by atoms with Gasteiger partial charge in [0.1, 0.15) is 16.9 Å². The van der Waals surface area contributed by atoms with Crippen LogP contribution in [-0.4, -0.2) is 21.3 Å². The number of hydrogen-bond donors (Lipinski definition) is 2. The minimum absolute atomic E-state index is 0.208. The number of nitrogens with zero attached hydrogens (tertiary/aromatic N) is 3. The van der Waals surface area contributed by atoms with Crippen molar-refractivity contribution in [3.63, 3.8) is 0 Å². The molecular weight excluding hydrogens is 356 g/mol. The van der Waals surface area contributed by atoms with Crippen molar-refractivity contribution in [3.05, 3.63) is 58.7 Å². The first-order valence-electron chi connectivity index (χ1n) is 9.06. The maximum atomic E-state index is 10.3. The average molecular weight is 374 g/mol. The van der Waals surface area contributed by atoms with Crippen LogP contribution in [0.2, 0.25) is 0 Å². The molecule has 4 aromatic rings. The van der Waals surface area contributed by atoms with E-state index < -0.39 is 0 Å². The summed E-state index contributed by atoms with van der Waals surface area (Å²) in [7, 11) is 0. The molecule has 0 bridgehead atoms. The van der Waals surface area contributed by atoms with Gasteiger partial charge in [0.25, 0.3) is 0 Å². The highest BCUT2D eigenvalue weighted by Gasteiger charge is 2.19. The fourth-order valence-electron chi connectivity index (χ4n) is 3.75. The molecule has 0 unspecified atom stereocenters. The second-order valence-electron chi connectivity index (χ2n) is 6.70. The Balaban J connectivity index is 1.52. The Kier molecular flexibility index (Phi) is 3.98. The van der Waals surface area contributed by atoms with Crippen LogP contribution in [0.5, 0.6) is 5.75 Å². The van der Waals surface area contributed by atoms with Gasteiger partial charge in [-0.2, -0.15) is 5.10 Å². The summed E-state index contributed by atoms with van der Waals surface area (Å²) in [4.78, 5) is 11.3. The summed E-state index contributed by atoms with van der Waals surface area (Å²) in [5.41, 5.74) is 5.14. The first kappa shape index (κ1) is 16.2. The third-order valence-corrected chi connectivity index (χ3v) is 6.26. The smallest absolute Gasteiger partial charge is 0.158 e. The van der Waals surface area contributed by atoms with E-state index in [9.17, 15) is 5.11 Å². The zero-order valence-corrected chi connectivity index (χ0v) is 15.5. The van der Waals surface area contributed by atoms with E-state index in [2.05, 4.69) is 20.5 Å². The van der Waals surface area contributed by atoms with Gasteiger partial charge in [-0.25, -0.2) is 9.97 Å². The van der Waals surface area contributed by atoms with Gasteiger partial charge in [0.05, 0.1) is 11.6 Å². The number of thiophene rings is 1. The van der Waals surface area contributed by atoms with Gasteiger partial charge in [-0.3, -0.25) is 5.43 Å². The molecule has 0 atom stereocenters. The Labute approximate surface area is 160 Å². The molecule has 0 spiro atoms. The maximum absolute atomic E-state index is 10.3. The van der Waals surface area contributed by atoms with Gasteiger partial charge in [0.2, 0.25) is 0 Å². The van der Waals surface area contributed by atoms with Crippen molar-refractivity contribution in [1.29, 1.82) is 0 Å². The second kappa shape index (κ2) is 6.63. The molecule has 6 heteroatoms. The van der Waals surface area contributed by atoms with Gasteiger partial charge in [0.15, 0.2) is 5.82 Å². The van der Waals surface area contributed by atoms with E-state index in [-0.39, 0.29) is 5.75 Å². The lowest BCUT2D eigenvalue weighted by molar-refractivity contribution is 0.475. The normalized spacial score (nSPS) is 14.1. The number of aromatic hydroxyl groups is 1. The van der Waals surface area contributed by atoms with E-state index in [4.69, 9.17) is 0 Å². The predicted molar refractivity (Wildman–Crippen MR) is 111 cm³/mol. The molecule has 0 aliphatic heterocycles. The Morgan fingerprint density at radius 1 is 1.07 bits per heavy atom. The summed E-state index contributed by atoms with van der Waals surface area (Å²) in [6.07, 6.45) is 7.89. The third kappa shape index (κ3) is 2.82. The standard InChI is InChI=1S/C21H18N4OS/c26-17-10-9-13-5-1-2-6-14(13)16(17)11-24-25-20-19-15-7-3-4-8-18(15)27-21(19)23-12-22-20/h1-2,5-6,9-12,26H,3-4,7-8H2,(H,22,23,25)/b24-11+. The van der Waals surface area contributed by atoms with E-state index in [1.807, 2.05) is 30.3 Å². The van der Waals surface area contributed by atoms with Crippen molar-refractivity contribution in [1.82, 2.24) is 9.97 Å². The van der Waals surface area contributed by atoms with Gasteiger partial charge in [-0.15, -0.1) is 11.3 Å². The number of hydrogen-bond acceptors (Lipinski definition) is 6. The molecule has 1 aliphatic rings. The van der Waals surface area contributed by atoms with E-state index in [1.165, 1.54) is 23.3 Å². The summed E-state index contributed by atoms with van der Waals surface area (Å²) in [6, 6.07) is 11.5. The highest BCUT2D eigenvalue weighted by molar-refractivity contribution is 7.19. The van der Waals surface area contributed by atoms with Crippen LogP contribution in [0.3, 0.4) is 0 Å². The van der Waals surface area contributed by atoms with Crippen LogP contribution in [0.1, 0.15) is 28.8 Å². The number of benzene rings is 2. The molecule has 2 aromatic carbocycles.